The largest absolute Gasteiger partial charge is 0.481 e. The SMILES string of the molecule is CSCc1ccc(C(=O)NC(CC(=O)O)c2ccccc2)o1. The molecule has 0 aliphatic carbocycles. The zero-order valence-electron chi connectivity index (χ0n) is 12.1. The normalized spacial score (nSPS) is 11.9. The molecule has 1 amide bonds. The van der Waals surface area contributed by atoms with Gasteiger partial charge in [0, 0.05) is 0 Å². The van der Waals surface area contributed by atoms with Crippen molar-refractivity contribution in [2.24, 2.45) is 0 Å². The first kappa shape index (κ1) is 16.2. The summed E-state index contributed by atoms with van der Waals surface area (Å²) >= 11 is 1.60. The van der Waals surface area contributed by atoms with Crippen molar-refractivity contribution in [2.75, 3.05) is 6.26 Å². The van der Waals surface area contributed by atoms with Gasteiger partial charge in [-0.25, -0.2) is 0 Å². The van der Waals surface area contributed by atoms with Gasteiger partial charge in [0.15, 0.2) is 5.76 Å². The second kappa shape index (κ2) is 7.70. The van der Waals surface area contributed by atoms with E-state index in [0.717, 1.165) is 5.56 Å². The minimum absolute atomic E-state index is 0.186. The number of thioether (sulfide) groups is 1. The van der Waals surface area contributed by atoms with E-state index in [1.165, 1.54) is 0 Å². The van der Waals surface area contributed by atoms with Gasteiger partial charge < -0.3 is 14.8 Å². The number of carbonyl (C=O) groups excluding carboxylic acids is 1. The lowest BCUT2D eigenvalue weighted by molar-refractivity contribution is -0.137. The van der Waals surface area contributed by atoms with Crippen LogP contribution in [0.2, 0.25) is 0 Å². The smallest absolute Gasteiger partial charge is 0.305 e. The first-order chi connectivity index (χ1) is 10.6. The van der Waals surface area contributed by atoms with Crippen LogP contribution >= 0.6 is 11.8 Å². The fourth-order valence-corrected chi connectivity index (χ4v) is 2.50. The van der Waals surface area contributed by atoms with Crippen LogP contribution in [0.15, 0.2) is 46.9 Å². The predicted octanol–water partition coefficient (Wildman–Crippen LogP) is 3.09. The summed E-state index contributed by atoms with van der Waals surface area (Å²) in [4.78, 5) is 23.2. The van der Waals surface area contributed by atoms with Crippen LogP contribution in [0.1, 0.15) is 34.3 Å². The van der Waals surface area contributed by atoms with Gasteiger partial charge in [-0.1, -0.05) is 30.3 Å². The number of rotatable bonds is 7. The molecule has 1 atom stereocenters. The Morgan fingerprint density at radius 3 is 2.59 bits per heavy atom. The first-order valence-electron chi connectivity index (χ1n) is 6.75. The van der Waals surface area contributed by atoms with Gasteiger partial charge in [0.25, 0.3) is 5.91 Å². The zero-order chi connectivity index (χ0) is 15.9. The second-order valence-corrected chi connectivity index (χ2v) is 5.60. The summed E-state index contributed by atoms with van der Waals surface area (Å²) in [6.07, 6.45) is 1.76. The summed E-state index contributed by atoms with van der Waals surface area (Å²) in [5, 5.41) is 11.7. The summed E-state index contributed by atoms with van der Waals surface area (Å²) in [5.74, 6) is 0.200. The summed E-state index contributed by atoms with van der Waals surface area (Å²) in [6.45, 7) is 0. The monoisotopic (exact) mass is 319 g/mol. The number of amides is 1. The summed E-state index contributed by atoms with van der Waals surface area (Å²) in [6, 6.07) is 11.8. The third-order valence-corrected chi connectivity index (χ3v) is 3.63. The summed E-state index contributed by atoms with van der Waals surface area (Å²) < 4.78 is 5.45. The zero-order valence-corrected chi connectivity index (χ0v) is 12.9. The fourth-order valence-electron chi connectivity index (χ4n) is 2.06. The van der Waals surface area contributed by atoms with Gasteiger partial charge in [0.2, 0.25) is 0 Å². The van der Waals surface area contributed by atoms with Crippen LogP contribution < -0.4 is 5.32 Å². The van der Waals surface area contributed by atoms with Gasteiger partial charge in [-0.05, 0) is 24.0 Å². The molecule has 0 saturated carbocycles. The minimum Gasteiger partial charge on any atom is -0.481 e. The van der Waals surface area contributed by atoms with Crippen molar-refractivity contribution in [2.45, 2.75) is 18.2 Å². The lowest BCUT2D eigenvalue weighted by atomic mass is 10.0. The molecule has 0 bridgehead atoms. The lowest BCUT2D eigenvalue weighted by Gasteiger charge is -2.16. The van der Waals surface area contributed by atoms with Crippen LogP contribution in [0.5, 0.6) is 0 Å². The second-order valence-electron chi connectivity index (χ2n) is 4.73. The average molecular weight is 319 g/mol. The molecule has 0 spiro atoms. The number of nitrogens with one attached hydrogen (secondary N) is 1. The van der Waals surface area contributed by atoms with E-state index in [0.29, 0.717) is 11.5 Å². The average Bonchev–Trinajstić information content (AvgIpc) is 2.96. The highest BCUT2D eigenvalue weighted by atomic mass is 32.2. The Morgan fingerprint density at radius 1 is 1.23 bits per heavy atom. The number of carboxylic acids is 1. The summed E-state index contributed by atoms with van der Waals surface area (Å²) in [7, 11) is 0. The third-order valence-electron chi connectivity index (χ3n) is 3.06. The van der Waals surface area contributed by atoms with Crippen LogP contribution in [0.3, 0.4) is 0 Å². The lowest BCUT2D eigenvalue weighted by Crippen LogP contribution is -2.29. The number of carboxylic acid groups (broad SMARTS) is 1. The van der Waals surface area contributed by atoms with Gasteiger partial charge >= 0.3 is 5.97 Å². The molecule has 1 aromatic heterocycles. The van der Waals surface area contributed by atoms with E-state index in [-0.39, 0.29) is 12.2 Å². The molecule has 5 nitrogen and oxygen atoms in total. The Morgan fingerprint density at radius 2 is 1.95 bits per heavy atom. The number of furan rings is 1. The van der Waals surface area contributed by atoms with Crippen molar-refractivity contribution in [3.63, 3.8) is 0 Å². The molecule has 0 aliphatic rings. The molecule has 6 heteroatoms. The van der Waals surface area contributed by atoms with E-state index in [1.54, 1.807) is 48.2 Å². The molecule has 2 aromatic rings. The Kier molecular flexibility index (Phi) is 5.66. The Bertz CT molecular complexity index is 639. The predicted molar refractivity (Wildman–Crippen MR) is 84.8 cm³/mol. The van der Waals surface area contributed by atoms with Gasteiger partial charge in [0.1, 0.15) is 5.76 Å². The van der Waals surface area contributed by atoms with Crippen LogP contribution in [0.25, 0.3) is 0 Å². The molecule has 22 heavy (non-hydrogen) atoms. The van der Waals surface area contributed by atoms with Crippen LogP contribution in [0, 0.1) is 0 Å². The van der Waals surface area contributed by atoms with Gasteiger partial charge in [-0.15, -0.1) is 0 Å². The van der Waals surface area contributed by atoms with Crippen LogP contribution in [-0.2, 0) is 10.5 Å². The van der Waals surface area contributed by atoms with E-state index in [9.17, 15) is 9.59 Å². The van der Waals surface area contributed by atoms with Gasteiger partial charge in [-0.3, -0.25) is 9.59 Å². The maximum Gasteiger partial charge on any atom is 0.305 e. The maximum atomic E-state index is 12.2. The molecule has 2 N–H and O–H groups in total. The van der Waals surface area contributed by atoms with Crippen molar-refractivity contribution < 1.29 is 19.1 Å². The van der Waals surface area contributed by atoms with Crippen molar-refractivity contribution in [1.29, 1.82) is 0 Å². The quantitative estimate of drug-likeness (QED) is 0.820. The summed E-state index contributed by atoms with van der Waals surface area (Å²) in [5.41, 5.74) is 0.745. The van der Waals surface area contributed by atoms with Crippen LogP contribution in [-0.4, -0.2) is 23.2 Å². The van der Waals surface area contributed by atoms with E-state index >= 15 is 0 Å². The first-order valence-corrected chi connectivity index (χ1v) is 8.14. The van der Waals surface area contributed by atoms with E-state index in [2.05, 4.69) is 5.32 Å². The number of carbonyl (C=O) groups is 2. The highest BCUT2D eigenvalue weighted by Gasteiger charge is 2.20. The molecule has 1 aromatic carbocycles. The molecule has 0 aliphatic heterocycles. The minimum atomic E-state index is -0.975. The maximum absolute atomic E-state index is 12.2. The number of hydrogen-bond acceptors (Lipinski definition) is 4. The van der Waals surface area contributed by atoms with Gasteiger partial charge in [0.05, 0.1) is 18.2 Å². The van der Waals surface area contributed by atoms with Crippen molar-refractivity contribution >= 4 is 23.6 Å². The molecule has 1 unspecified atom stereocenters. The third kappa shape index (κ3) is 4.39. The van der Waals surface area contributed by atoms with E-state index < -0.39 is 17.9 Å². The Balaban J connectivity index is 2.12. The van der Waals surface area contributed by atoms with Crippen LogP contribution in [0.4, 0.5) is 0 Å². The topological polar surface area (TPSA) is 79.5 Å². The fraction of sp³-hybridized carbons (Fsp3) is 0.250. The van der Waals surface area contributed by atoms with Crippen molar-refractivity contribution in [1.82, 2.24) is 5.32 Å². The standard InChI is InChI=1S/C16H17NO4S/c1-22-10-12-7-8-14(21-12)16(20)17-13(9-15(18)19)11-5-3-2-4-6-11/h2-8,13H,9-10H2,1H3,(H,17,20)(H,18,19). The van der Waals surface area contributed by atoms with E-state index in [1.807, 2.05) is 12.3 Å². The molecule has 116 valence electrons. The highest BCUT2D eigenvalue weighted by Crippen LogP contribution is 2.19. The van der Waals surface area contributed by atoms with E-state index in [4.69, 9.17) is 9.52 Å². The highest BCUT2D eigenvalue weighted by molar-refractivity contribution is 7.97. The number of aliphatic carboxylic acids is 1. The Hall–Kier alpha value is -2.21. The number of hydrogen-bond donors (Lipinski definition) is 2. The molecular weight excluding hydrogens is 302 g/mol. The Labute approximate surface area is 132 Å². The molecule has 2 rings (SSSR count). The number of benzene rings is 1. The molecule has 0 fully saturated rings. The molecule has 1 heterocycles. The van der Waals surface area contributed by atoms with Gasteiger partial charge in [-0.2, -0.15) is 11.8 Å². The van der Waals surface area contributed by atoms with Crippen molar-refractivity contribution in [3.05, 3.63) is 59.5 Å². The molecule has 0 radical (unpaired) electrons. The van der Waals surface area contributed by atoms with Crippen molar-refractivity contribution in [3.8, 4) is 0 Å². The molecule has 0 saturated heterocycles. The molecular formula is C16H17NO4S.